The van der Waals surface area contributed by atoms with Crippen LogP contribution >= 0.6 is 0 Å². The normalized spacial score (nSPS) is 17.4. The number of urea groups is 1. The Hall–Kier alpha value is -2.57. The maximum Gasteiger partial charge on any atom is 0.335 e. The molecule has 1 heterocycles. The Morgan fingerprint density at radius 1 is 1.33 bits per heavy atom. The summed E-state index contributed by atoms with van der Waals surface area (Å²) in [7, 11) is 0. The summed E-state index contributed by atoms with van der Waals surface area (Å²) in [6.45, 7) is 3.59. The molecule has 0 aromatic heterocycles. The Kier molecular flexibility index (Phi) is 4.11. The predicted molar refractivity (Wildman–Crippen MR) is 72.9 cm³/mol. The number of rotatable bonds is 4. The molecule has 0 aliphatic carbocycles. The van der Waals surface area contributed by atoms with Crippen LogP contribution in [0.4, 0.5) is 4.79 Å². The summed E-state index contributed by atoms with van der Waals surface area (Å²) < 4.78 is 5.52. The molecule has 1 aromatic rings. The highest BCUT2D eigenvalue weighted by atomic mass is 16.5. The molecule has 0 spiro atoms. The monoisotopic (exact) mass is 292 g/mol. The van der Waals surface area contributed by atoms with E-state index in [1.54, 1.807) is 13.8 Å². The molecule has 1 fully saturated rings. The molecule has 1 saturated heterocycles. The standard InChI is InChI=1S/C14H16N2O5/c1-8(2)15-14(20)16-11(17)7-12(16)21-10-5-3-9(4-6-10)13(18)19/h3-6,8,12H,7H2,1-2H3,(H,15,20)(H,18,19)/t12-/m1/s1. The number of hydrogen-bond acceptors (Lipinski definition) is 4. The van der Waals surface area contributed by atoms with Gasteiger partial charge in [-0.05, 0) is 38.1 Å². The number of carboxylic acid groups (broad SMARTS) is 1. The van der Waals surface area contributed by atoms with Crippen LogP contribution in [0.5, 0.6) is 5.75 Å². The number of ether oxygens (including phenoxy) is 1. The van der Waals surface area contributed by atoms with E-state index in [1.165, 1.54) is 24.3 Å². The number of carboxylic acids is 1. The second kappa shape index (κ2) is 5.82. The van der Waals surface area contributed by atoms with Gasteiger partial charge in [-0.15, -0.1) is 0 Å². The Bertz CT molecular complexity index is 567. The lowest BCUT2D eigenvalue weighted by atomic mass is 10.1. The highest BCUT2D eigenvalue weighted by Gasteiger charge is 2.42. The summed E-state index contributed by atoms with van der Waals surface area (Å²) in [5, 5.41) is 11.4. The van der Waals surface area contributed by atoms with E-state index in [9.17, 15) is 14.4 Å². The van der Waals surface area contributed by atoms with Gasteiger partial charge in [0, 0.05) is 6.04 Å². The van der Waals surface area contributed by atoms with E-state index in [0.717, 1.165) is 4.90 Å². The average molecular weight is 292 g/mol. The molecule has 0 radical (unpaired) electrons. The van der Waals surface area contributed by atoms with E-state index < -0.39 is 18.2 Å². The van der Waals surface area contributed by atoms with Crippen LogP contribution in [0.25, 0.3) is 0 Å². The average Bonchev–Trinajstić information content (AvgIpc) is 2.37. The van der Waals surface area contributed by atoms with Crippen molar-refractivity contribution in [3.63, 3.8) is 0 Å². The summed E-state index contributed by atoms with van der Waals surface area (Å²) in [6.07, 6.45) is -0.543. The van der Waals surface area contributed by atoms with Crippen LogP contribution in [0, 0.1) is 0 Å². The fourth-order valence-electron chi connectivity index (χ4n) is 1.88. The predicted octanol–water partition coefficient (Wildman–Crippen LogP) is 1.44. The SMILES string of the molecule is CC(C)NC(=O)N1C(=O)C[C@H]1Oc1ccc(C(=O)O)cc1. The van der Waals surface area contributed by atoms with Gasteiger partial charge in [0.1, 0.15) is 5.75 Å². The Labute approximate surface area is 121 Å². The van der Waals surface area contributed by atoms with Crippen molar-refractivity contribution in [2.75, 3.05) is 0 Å². The van der Waals surface area contributed by atoms with E-state index in [4.69, 9.17) is 9.84 Å². The molecule has 1 atom stereocenters. The lowest BCUT2D eigenvalue weighted by Gasteiger charge is -2.38. The number of amides is 3. The molecule has 112 valence electrons. The summed E-state index contributed by atoms with van der Waals surface area (Å²) in [6, 6.07) is 5.21. The zero-order valence-corrected chi connectivity index (χ0v) is 11.7. The molecular weight excluding hydrogens is 276 g/mol. The summed E-state index contributed by atoms with van der Waals surface area (Å²) >= 11 is 0. The molecule has 1 aromatic carbocycles. The topological polar surface area (TPSA) is 95.9 Å². The van der Waals surface area contributed by atoms with Gasteiger partial charge < -0.3 is 15.2 Å². The molecule has 2 rings (SSSR count). The third kappa shape index (κ3) is 3.31. The number of likely N-dealkylation sites (tertiary alicyclic amines) is 1. The van der Waals surface area contributed by atoms with Gasteiger partial charge in [-0.1, -0.05) is 0 Å². The van der Waals surface area contributed by atoms with Crippen LogP contribution in [0.3, 0.4) is 0 Å². The van der Waals surface area contributed by atoms with Crippen molar-refractivity contribution in [3.05, 3.63) is 29.8 Å². The van der Waals surface area contributed by atoms with Gasteiger partial charge >= 0.3 is 12.0 Å². The zero-order valence-electron chi connectivity index (χ0n) is 11.7. The van der Waals surface area contributed by atoms with Crippen molar-refractivity contribution >= 4 is 17.9 Å². The second-order valence-electron chi connectivity index (χ2n) is 4.97. The van der Waals surface area contributed by atoms with Crippen molar-refractivity contribution in [1.29, 1.82) is 0 Å². The quantitative estimate of drug-likeness (QED) is 0.819. The number of imide groups is 1. The van der Waals surface area contributed by atoms with Crippen molar-refractivity contribution in [2.24, 2.45) is 0 Å². The number of nitrogens with zero attached hydrogens (tertiary/aromatic N) is 1. The van der Waals surface area contributed by atoms with Crippen LogP contribution < -0.4 is 10.1 Å². The molecule has 0 bridgehead atoms. The Balaban J connectivity index is 2.00. The minimum Gasteiger partial charge on any atom is -0.478 e. The Morgan fingerprint density at radius 2 is 1.95 bits per heavy atom. The number of hydrogen-bond donors (Lipinski definition) is 2. The van der Waals surface area contributed by atoms with Crippen LogP contribution in [0.15, 0.2) is 24.3 Å². The molecule has 7 nitrogen and oxygen atoms in total. The lowest BCUT2D eigenvalue weighted by Crippen LogP contribution is -2.61. The molecule has 1 aliphatic rings. The smallest absolute Gasteiger partial charge is 0.335 e. The number of carbonyl (C=O) groups is 3. The van der Waals surface area contributed by atoms with Crippen LogP contribution in [-0.4, -0.2) is 40.2 Å². The van der Waals surface area contributed by atoms with Gasteiger partial charge in [0.2, 0.25) is 5.91 Å². The summed E-state index contributed by atoms with van der Waals surface area (Å²) in [5.41, 5.74) is 0.140. The lowest BCUT2D eigenvalue weighted by molar-refractivity contribution is -0.152. The molecule has 0 saturated carbocycles. The number of benzene rings is 1. The number of β-lactam (4-membered cyclic amide) rings is 1. The number of carbonyl (C=O) groups excluding carboxylic acids is 2. The van der Waals surface area contributed by atoms with Crippen molar-refractivity contribution < 1.29 is 24.2 Å². The van der Waals surface area contributed by atoms with E-state index in [1.807, 2.05) is 0 Å². The van der Waals surface area contributed by atoms with Gasteiger partial charge in [-0.2, -0.15) is 0 Å². The number of aromatic carboxylic acids is 1. The maximum absolute atomic E-state index is 11.8. The first-order valence-electron chi connectivity index (χ1n) is 6.51. The van der Waals surface area contributed by atoms with Crippen LogP contribution in [0.1, 0.15) is 30.6 Å². The Morgan fingerprint density at radius 3 is 2.43 bits per heavy atom. The van der Waals surface area contributed by atoms with Gasteiger partial charge in [0.15, 0.2) is 6.23 Å². The van der Waals surface area contributed by atoms with E-state index >= 15 is 0 Å². The highest BCUT2D eigenvalue weighted by molar-refractivity contribution is 5.99. The van der Waals surface area contributed by atoms with Crippen molar-refractivity contribution in [2.45, 2.75) is 32.5 Å². The molecule has 21 heavy (non-hydrogen) atoms. The minimum absolute atomic E-state index is 0.0820. The number of nitrogens with one attached hydrogen (secondary N) is 1. The van der Waals surface area contributed by atoms with E-state index in [-0.39, 0.29) is 23.9 Å². The highest BCUT2D eigenvalue weighted by Crippen LogP contribution is 2.24. The van der Waals surface area contributed by atoms with Gasteiger partial charge in [0.25, 0.3) is 0 Å². The van der Waals surface area contributed by atoms with Crippen molar-refractivity contribution in [3.8, 4) is 5.75 Å². The minimum atomic E-state index is -1.03. The third-order valence-electron chi connectivity index (χ3n) is 2.91. The molecular formula is C14H16N2O5. The fraction of sp³-hybridized carbons (Fsp3) is 0.357. The van der Waals surface area contributed by atoms with Gasteiger partial charge in [0.05, 0.1) is 12.0 Å². The molecule has 1 aliphatic heterocycles. The van der Waals surface area contributed by atoms with E-state index in [0.29, 0.717) is 5.75 Å². The molecule has 0 unspecified atom stereocenters. The third-order valence-corrected chi connectivity index (χ3v) is 2.91. The largest absolute Gasteiger partial charge is 0.478 e. The molecule has 7 heteroatoms. The van der Waals surface area contributed by atoms with Gasteiger partial charge in [-0.25, -0.2) is 14.5 Å². The van der Waals surface area contributed by atoms with E-state index in [2.05, 4.69) is 5.32 Å². The second-order valence-corrected chi connectivity index (χ2v) is 4.97. The van der Waals surface area contributed by atoms with Crippen LogP contribution in [0.2, 0.25) is 0 Å². The first kappa shape index (κ1) is 14.8. The maximum atomic E-state index is 11.8. The zero-order chi connectivity index (χ0) is 15.6. The first-order valence-corrected chi connectivity index (χ1v) is 6.51. The molecule has 2 N–H and O–H groups in total. The fourth-order valence-corrected chi connectivity index (χ4v) is 1.88. The van der Waals surface area contributed by atoms with Gasteiger partial charge in [-0.3, -0.25) is 4.79 Å². The van der Waals surface area contributed by atoms with Crippen molar-refractivity contribution in [1.82, 2.24) is 10.2 Å². The molecule has 3 amide bonds. The summed E-state index contributed by atoms with van der Waals surface area (Å²) in [5.74, 6) is -0.932. The summed E-state index contributed by atoms with van der Waals surface area (Å²) in [4.78, 5) is 35.1. The van der Waals surface area contributed by atoms with Crippen LogP contribution in [-0.2, 0) is 4.79 Å². The first-order chi connectivity index (χ1) is 9.88.